The van der Waals surface area contributed by atoms with Crippen LogP contribution >= 0.6 is 0 Å². The Morgan fingerprint density at radius 2 is 2.25 bits per heavy atom. The van der Waals surface area contributed by atoms with E-state index in [1.165, 1.54) is 0 Å². The summed E-state index contributed by atoms with van der Waals surface area (Å²) in [5, 5.41) is 10.5. The molecule has 2 rings (SSSR count). The molecule has 0 amide bonds. The molecule has 1 atom stereocenters. The topological polar surface area (TPSA) is 68.6 Å². The van der Waals surface area contributed by atoms with Gasteiger partial charge in [0, 0.05) is 5.39 Å². The van der Waals surface area contributed by atoms with Crippen molar-refractivity contribution in [3.8, 4) is 5.75 Å². The number of benzene rings is 1. The molecule has 0 radical (unpaired) electrons. The van der Waals surface area contributed by atoms with Crippen molar-refractivity contribution in [3.63, 3.8) is 0 Å². The summed E-state index contributed by atoms with van der Waals surface area (Å²) in [6.45, 7) is 1.89. The monoisotopic (exact) mass is 221 g/mol. The molecule has 0 saturated heterocycles. The van der Waals surface area contributed by atoms with Gasteiger partial charge in [-0.1, -0.05) is 6.92 Å². The Hall–Kier alpha value is -1.68. The Balaban J connectivity index is 2.57. The maximum absolute atomic E-state index is 9.68. The first-order valence-corrected chi connectivity index (χ1v) is 5.21. The van der Waals surface area contributed by atoms with Crippen molar-refractivity contribution < 1.29 is 14.3 Å². The molecule has 0 saturated carbocycles. The average molecular weight is 221 g/mol. The van der Waals surface area contributed by atoms with Gasteiger partial charge in [-0.25, -0.2) is 0 Å². The highest BCUT2D eigenvalue weighted by Gasteiger charge is 2.14. The van der Waals surface area contributed by atoms with E-state index in [-0.39, 0.29) is 0 Å². The molecule has 3 N–H and O–H groups in total. The first-order chi connectivity index (χ1) is 7.67. The molecule has 0 spiro atoms. The van der Waals surface area contributed by atoms with Crippen LogP contribution in [0.15, 0.2) is 22.6 Å². The first kappa shape index (κ1) is 10.8. The summed E-state index contributed by atoms with van der Waals surface area (Å²) in [4.78, 5) is 0. The fourth-order valence-corrected chi connectivity index (χ4v) is 1.68. The standard InChI is InChI=1S/C12H15NO3/c1-3-8(14)11-6-7-9(16-11)4-5-10(15-2)12(7)13/h4-6,8,14H,3,13H2,1-2H3/t8-/m1/s1. The third-order valence-corrected chi connectivity index (χ3v) is 2.66. The van der Waals surface area contributed by atoms with Crippen LogP contribution in [-0.2, 0) is 0 Å². The van der Waals surface area contributed by atoms with E-state index in [0.717, 1.165) is 5.39 Å². The first-order valence-electron chi connectivity index (χ1n) is 5.21. The predicted octanol–water partition coefficient (Wildman–Crippen LogP) is 2.47. The third kappa shape index (κ3) is 1.61. The minimum absolute atomic E-state index is 0.539. The van der Waals surface area contributed by atoms with Crippen LogP contribution in [0.2, 0.25) is 0 Å². The number of hydrogen-bond donors (Lipinski definition) is 2. The van der Waals surface area contributed by atoms with E-state index < -0.39 is 6.10 Å². The van der Waals surface area contributed by atoms with Gasteiger partial charge in [-0.3, -0.25) is 0 Å². The van der Waals surface area contributed by atoms with E-state index in [2.05, 4.69) is 0 Å². The van der Waals surface area contributed by atoms with E-state index in [9.17, 15) is 5.11 Å². The molecule has 1 aromatic carbocycles. The Morgan fingerprint density at radius 1 is 1.50 bits per heavy atom. The van der Waals surface area contributed by atoms with Crippen molar-refractivity contribution in [2.75, 3.05) is 12.8 Å². The lowest BCUT2D eigenvalue weighted by atomic mass is 10.1. The van der Waals surface area contributed by atoms with Crippen LogP contribution < -0.4 is 10.5 Å². The van der Waals surface area contributed by atoms with E-state index in [1.807, 2.05) is 6.92 Å². The molecule has 4 nitrogen and oxygen atoms in total. The molecular formula is C12H15NO3. The molecule has 0 bridgehead atoms. The van der Waals surface area contributed by atoms with Gasteiger partial charge < -0.3 is 20.0 Å². The zero-order chi connectivity index (χ0) is 11.7. The van der Waals surface area contributed by atoms with Crippen molar-refractivity contribution in [2.24, 2.45) is 0 Å². The molecule has 16 heavy (non-hydrogen) atoms. The van der Waals surface area contributed by atoms with Crippen LogP contribution in [0.25, 0.3) is 11.0 Å². The van der Waals surface area contributed by atoms with Crippen LogP contribution in [-0.4, -0.2) is 12.2 Å². The number of nitrogen functional groups attached to an aromatic ring is 1. The van der Waals surface area contributed by atoms with Crippen molar-refractivity contribution in [1.82, 2.24) is 0 Å². The van der Waals surface area contributed by atoms with E-state index in [0.29, 0.717) is 29.2 Å². The lowest BCUT2D eigenvalue weighted by Crippen LogP contribution is -1.92. The van der Waals surface area contributed by atoms with Crippen LogP contribution in [0.1, 0.15) is 25.2 Å². The van der Waals surface area contributed by atoms with Crippen molar-refractivity contribution in [1.29, 1.82) is 0 Å². The molecule has 86 valence electrons. The summed E-state index contributed by atoms with van der Waals surface area (Å²) >= 11 is 0. The molecule has 0 unspecified atom stereocenters. The molecular weight excluding hydrogens is 206 g/mol. The van der Waals surface area contributed by atoms with Crippen LogP contribution in [0.5, 0.6) is 5.75 Å². The highest BCUT2D eigenvalue weighted by Crippen LogP contribution is 2.34. The number of rotatable bonds is 3. The fourth-order valence-electron chi connectivity index (χ4n) is 1.68. The maximum Gasteiger partial charge on any atom is 0.142 e. The number of furan rings is 1. The summed E-state index contributed by atoms with van der Waals surface area (Å²) in [6, 6.07) is 5.31. The van der Waals surface area contributed by atoms with Crippen LogP contribution in [0.4, 0.5) is 5.69 Å². The molecule has 4 heteroatoms. The Kier molecular flexibility index (Phi) is 2.75. The van der Waals surface area contributed by atoms with E-state index in [4.69, 9.17) is 14.9 Å². The number of anilines is 1. The van der Waals surface area contributed by atoms with Crippen molar-refractivity contribution in [2.45, 2.75) is 19.4 Å². The van der Waals surface area contributed by atoms with Gasteiger partial charge in [0.05, 0.1) is 12.8 Å². The minimum Gasteiger partial charge on any atom is -0.495 e. The predicted molar refractivity (Wildman–Crippen MR) is 62.4 cm³/mol. The van der Waals surface area contributed by atoms with Crippen molar-refractivity contribution >= 4 is 16.7 Å². The molecule has 0 aliphatic rings. The van der Waals surface area contributed by atoms with Gasteiger partial charge in [0.1, 0.15) is 23.2 Å². The van der Waals surface area contributed by atoms with Gasteiger partial charge in [0.2, 0.25) is 0 Å². The zero-order valence-electron chi connectivity index (χ0n) is 9.36. The largest absolute Gasteiger partial charge is 0.495 e. The Bertz CT molecular complexity index is 504. The molecule has 0 aliphatic carbocycles. The maximum atomic E-state index is 9.68. The van der Waals surface area contributed by atoms with Crippen LogP contribution in [0, 0.1) is 0 Å². The summed E-state index contributed by atoms with van der Waals surface area (Å²) in [7, 11) is 1.57. The summed E-state index contributed by atoms with van der Waals surface area (Å²) in [6.07, 6.45) is 0.0226. The number of aliphatic hydroxyl groups is 1. The highest BCUT2D eigenvalue weighted by atomic mass is 16.5. The molecule has 0 aliphatic heterocycles. The Labute approximate surface area is 93.6 Å². The quantitative estimate of drug-likeness (QED) is 0.781. The lowest BCUT2D eigenvalue weighted by molar-refractivity contribution is 0.148. The van der Waals surface area contributed by atoms with Gasteiger partial charge in [-0.2, -0.15) is 0 Å². The van der Waals surface area contributed by atoms with E-state index in [1.54, 1.807) is 25.3 Å². The van der Waals surface area contributed by atoms with Gasteiger partial charge in [-0.15, -0.1) is 0 Å². The Morgan fingerprint density at radius 3 is 2.88 bits per heavy atom. The molecule has 2 aromatic rings. The zero-order valence-corrected chi connectivity index (χ0v) is 9.36. The second-order valence-electron chi connectivity index (χ2n) is 3.67. The third-order valence-electron chi connectivity index (χ3n) is 2.66. The van der Waals surface area contributed by atoms with Gasteiger partial charge >= 0.3 is 0 Å². The SMILES string of the molecule is CC[C@@H](O)c1cc2c(N)c(OC)ccc2o1. The lowest BCUT2D eigenvalue weighted by Gasteiger charge is -2.03. The van der Waals surface area contributed by atoms with E-state index >= 15 is 0 Å². The second kappa shape index (κ2) is 4.06. The molecule has 0 fully saturated rings. The summed E-state index contributed by atoms with van der Waals surface area (Å²) < 4.78 is 10.6. The highest BCUT2D eigenvalue weighted by molar-refractivity contribution is 5.93. The average Bonchev–Trinajstić information content (AvgIpc) is 2.73. The molecule has 1 aromatic heterocycles. The van der Waals surface area contributed by atoms with Gasteiger partial charge in [-0.05, 0) is 24.6 Å². The molecule has 1 heterocycles. The number of nitrogens with two attached hydrogens (primary N) is 1. The number of methoxy groups -OCH3 is 1. The number of hydrogen-bond acceptors (Lipinski definition) is 4. The van der Waals surface area contributed by atoms with Gasteiger partial charge in [0.25, 0.3) is 0 Å². The minimum atomic E-state index is -0.585. The number of ether oxygens (including phenoxy) is 1. The summed E-state index contributed by atoms with van der Waals surface area (Å²) in [5.74, 6) is 1.16. The second-order valence-corrected chi connectivity index (χ2v) is 3.67. The van der Waals surface area contributed by atoms with Crippen molar-refractivity contribution in [3.05, 3.63) is 24.0 Å². The fraction of sp³-hybridized carbons (Fsp3) is 0.333. The number of aliphatic hydroxyl groups excluding tert-OH is 1. The van der Waals surface area contributed by atoms with Crippen LogP contribution in [0.3, 0.4) is 0 Å². The number of fused-ring (bicyclic) bond motifs is 1. The summed E-state index contributed by atoms with van der Waals surface area (Å²) in [5.41, 5.74) is 7.13. The van der Waals surface area contributed by atoms with Gasteiger partial charge in [0.15, 0.2) is 0 Å². The smallest absolute Gasteiger partial charge is 0.142 e. The normalized spacial score (nSPS) is 12.9.